The van der Waals surface area contributed by atoms with E-state index in [-0.39, 0.29) is 11.8 Å². The van der Waals surface area contributed by atoms with E-state index in [0.717, 1.165) is 16.1 Å². The minimum absolute atomic E-state index is 0.0846. The van der Waals surface area contributed by atoms with E-state index in [4.69, 9.17) is 4.74 Å². The number of hydrogen-bond donors (Lipinski definition) is 2. The summed E-state index contributed by atoms with van der Waals surface area (Å²) in [7, 11) is 0. The number of alkyl halides is 4. The summed E-state index contributed by atoms with van der Waals surface area (Å²) in [5, 5.41) is 1.98. The van der Waals surface area contributed by atoms with Crippen LogP contribution in [0.5, 0.6) is 5.75 Å². The summed E-state index contributed by atoms with van der Waals surface area (Å²) >= 11 is 1.61. The Bertz CT molecular complexity index is 701. The fourth-order valence-corrected chi connectivity index (χ4v) is 2.88. The van der Waals surface area contributed by atoms with Gasteiger partial charge in [-0.05, 0) is 35.2 Å². The van der Waals surface area contributed by atoms with Crippen LogP contribution in [-0.4, -0.2) is 19.0 Å². The number of halogens is 4. The third-order valence-corrected chi connectivity index (χ3v) is 4.38. The molecule has 0 bridgehead atoms. The van der Waals surface area contributed by atoms with Crippen LogP contribution in [-0.2, 0) is 0 Å². The molecule has 24 heavy (non-hydrogen) atoms. The fraction of sp³-hybridized carbons (Fsp3) is 0.250. The van der Waals surface area contributed by atoms with Gasteiger partial charge in [0.05, 0.1) is 16.6 Å². The van der Waals surface area contributed by atoms with Crippen molar-refractivity contribution in [2.75, 3.05) is 6.61 Å². The molecule has 3 rings (SSSR count). The maximum atomic E-state index is 12.8. The lowest BCUT2D eigenvalue weighted by Gasteiger charge is -2.16. The molecule has 1 unspecified atom stereocenters. The molecular weight excluding hydrogens is 344 g/mol. The van der Waals surface area contributed by atoms with Gasteiger partial charge in [-0.1, -0.05) is 18.2 Å². The highest BCUT2D eigenvalue weighted by atomic mass is 32.1. The zero-order chi connectivity index (χ0) is 17.2. The SMILES string of the molecule is FC(F)C(F)(F)COc1ccc(C2C=C(c3cccs3)NN2)cc1. The van der Waals surface area contributed by atoms with E-state index in [9.17, 15) is 17.6 Å². The maximum absolute atomic E-state index is 12.8. The highest BCUT2D eigenvalue weighted by Gasteiger charge is 2.41. The summed E-state index contributed by atoms with van der Waals surface area (Å²) in [6.07, 6.45) is -1.74. The molecule has 2 N–H and O–H groups in total. The highest BCUT2D eigenvalue weighted by molar-refractivity contribution is 7.11. The number of rotatable bonds is 6. The molecule has 0 saturated carbocycles. The van der Waals surface area contributed by atoms with Gasteiger partial charge >= 0.3 is 12.3 Å². The van der Waals surface area contributed by atoms with Crippen LogP contribution in [0.1, 0.15) is 16.5 Å². The lowest BCUT2D eigenvalue weighted by atomic mass is 10.1. The number of ether oxygens (including phenoxy) is 1. The third kappa shape index (κ3) is 3.70. The Kier molecular flexibility index (Phi) is 4.77. The second-order valence-electron chi connectivity index (χ2n) is 5.22. The van der Waals surface area contributed by atoms with Crippen molar-refractivity contribution in [3.63, 3.8) is 0 Å². The van der Waals surface area contributed by atoms with Gasteiger partial charge in [-0.2, -0.15) is 8.78 Å². The fourth-order valence-electron chi connectivity index (χ4n) is 2.17. The first-order valence-corrected chi connectivity index (χ1v) is 7.99. The summed E-state index contributed by atoms with van der Waals surface area (Å²) in [5.74, 6) is -4.04. The molecule has 128 valence electrons. The predicted octanol–water partition coefficient (Wildman–Crippen LogP) is 4.22. The lowest BCUT2D eigenvalue weighted by molar-refractivity contribution is -0.148. The van der Waals surface area contributed by atoms with Crippen molar-refractivity contribution >= 4 is 17.0 Å². The number of thiophene rings is 1. The van der Waals surface area contributed by atoms with Crippen molar-refractivity contribution in [2.45, 2.75) is 18.4 Å². The Morgan fingerprint density at radius 1 is 1.17 bits per heavy atom. The van der Waals surface area contributed by atoms with Crippen LogP contribution >= 0.6 is 11.3 Å². The Labute approximate surface area is 139 Å². The van der Waals surface area contributed by atoms with Crippen LogP contribution in [0.3, 0.4) is 0 Å². The average molecular weight is 358 g/mol. The molecule has 0 fully saturated rings. The van der Waals surface area contributed by atoms with Crippen molar-refractivity contribution in [3.05, 3.63) is 58.3 Å². The van der Waals surface area contributed by atoms with Crippen molar-refractivity contribution in [3.8, 4) is 5.75 Å². The van der Waals surface area contributed by atoms with Gasteiger partial charge in [0.1, 0.15) is 5.75 Å². The molecule has 0 spiro atoms. The maximum Gasteiger partial charge on any atom is 0.340 e. The molecule has 0 aliphatic carbocycles. The van der Waals surface area contributed by atoms with E-state index < -0.39 is 19.0 Å². The molecular formula is C16H14F4N2OS. The average Bonchev–Trinajstić information content (AvgIpc) is 3.24. The van der Waals surface area contributed by atoms with Crippen molar-refractivity contribution in [1.82, 2.24) is 10.9 Å². The zero-order valence-electron chi connectivity index (χ0n) is 12.3. The number of hydrogen-bond acceptors (Lipinski definition) is 4. The standard InChI is InChI=1S/C16H14F4N2OS/c17-15(18)16(19,20)9-23-11-5-3-10(4-6-11)12-8-13(22-21-12)14-2-1-7-24-14/h1-8,12,15,21-22H,9H2. The molecule has 1 aliphatic rings. The molecule has 1 aromatic heterocycles. The molecule has 1 aromatic carbocycles. The molecule has 1 atom stereocenters. The molecule has 3 nitrogen and oxygen atoms in total. The number of benzene rings is 1. The minimum Gasteiger partial charge on any atom is -0.487 e. The predicted molar refractivity (Wildman–Crippen MR) is 84.2 cm³/mol. The van der Waals surface area contributed by atoms with Crippen molar-refractivity contribution in [2.24, 2.45) is 0 Å². The Morgan fingerprint density at radius 2 is 1.92 bits per heavy atom. The van der Waals surface area contributed by atoms with E-state index in [0.29, 0.717) is 0 Å². The third-order valence-electron chi connectivity index (χ3n) is 3.47. The van der Waals surface area contributed by atoms with Crippen LogP contribution in [0.25, 0.3) is 5.70 Å². The van der Waals surface area contributed by atoms with E-state index in [1.165, 1.54) is 12.1 Å². The number of hydrazine groups is 1. The summed E-state index contributed by atoms with van der Waals surface area (Å²) in [6, 6.07) is 10.2. The highest BCUT2D eigenvalue weighted by Crippen LogP contribution is 2.28. The number of nitrogens with one attached hydrogen (secondary N) is 2. The lowest BCUT2D eigenvalue weighted by Crippen LogP contribution is -2.33. The van der Waals surface area contributed by atoms with Gasteiger partial charge in [0, 0.05) is 0 Å². The molecule has 0 radical (unpaired) electrons. The minimum atomic E-state index is -4.16. The monoisotopic (exact) mass is 358 g/mol. The zero-order valence-corrected chi connectivity index (χ0v) is 13.1. The van der Waals surface area contributed by atoms with Gasteiger partial charge in [-0.25, -0.2) is 14.2 Å². The van der Waals surface area contributed by atoms with Crippen molar-refractivity contribution < 1.29 is 22.3 Å². The van der Waals surface area contributed by atoms with Gasteiger partial charge in [0.2, 0.25) is 0 Å². The Balaban J connectivity index is 1.63. The quantitative estimate of drug-likeness (QED) is 0.759. The van der Waals surface area contributed by atoms with Crippen LogP contribution in [0, 0.1) is 0 Å². The van der Waals surface area contributed by atoms with E-state index in [1.54, 1.807) is 23.5 Å². The molecule has 1 aliphatic heterocycles. The Morgan fingerprint density at radius 3 is 2.54 bits per heavy atom. The van der Waals surface area contributed by atoms with Gasteiger partial charge < -0.3 is 10.2 Å². The first-order chi connectivity index (χ1) is 11.5. The molecule has 2 heterocycles. The van der Waals surface area contributed by atoms with Gasteiger partial charge in [-0.15, -0.1) is 11.3 Å². The second-order valence-corrected chi connectivity index (χ2v) is 6.17. The van der Waals surface area contributed by atoms with E-state index in [1.807, 2.05) is 23.6 Å². The molecule has 0 amide bonds. The van der Waals surface area contributed by atoms with Crippen LogP contribution < -0.4 is 15.6 Å². The largest absolute Gasteiger partial charge is 0.487 e. The van der Waals surface area contributed by atoms with Crippen LogP contribution in [0.15, 0.2) is 47.9 Å². The first-order valence-electron chi connectivity index (χ1n) is 7.12. The van der Waals surface area contributed by atoms with Crippen LogP contribution in [0.2, 0.25) is 0 Å². The van der Waals surface area contributed by atoms with Gasteiger partial charge in [0.25, 0.3) is 0 Å². The van der Waals surface area contributed by atoms with Crippen molar-refractivity contribution in [1.29, 1.82) is 0 Å². The summed E-state index contributed by atoms with van der Waals surface area (Å²) in [6.45, 7) is -1.35. The topological polar surface area (TPSA) is 33.3 Å². The molecule has 2 aromatic rings. The van der Waals surface area contributed by atoms with E-state index >= 15 is 0 Å². The Hall–Kier alpha value is -2.06. The second kappa shape index (κ2) is 6.82. The smallest absolute Gasteiger partial charge is 0.340 e. The molecule has 8 heteroatoms. The van der Waals surface area contributed by atoms with E-state index in [2.05, 4.69) is 10.9 Å². The normalized spacial score (nSPS) is 17.7. The van der Waals surface area contributed by atoms with Gasteiger partial charge in [0.15, 0.2) is 6.61 Å². The summed E-state index contributed by atoms with van der Waals surface area (Å²) in [4.78, 5) is 1.10. The van der Waals surface area contributed by atoms with Crippen LogP contribution in [0.4, 0.5) is 17.6 Å². The molecule has 0 saturated heterocycles. The first kappa shape index (κ1) is 16.8. The van der Waals surface area contributed by atoms with Gasteiger partial charge in [-0.3, -0.25) is 0 Å². The summed E-state index contributed by atoms with van der Waals surface area (Å²) in [5.41, 5.74) is 8.05. The summed E-state index contributed by atoms with van der Waals surface area (Å²) < 4.78 is 54.6.